The summed E-state index contributed by atoms with van der Waals surface area (Å²) >= 11 is 1.10. The van der Waals surface area contributed by atoms with Crippen LogP contribution in [0.1, 0.15) is 27.0 Å². The summed E-state index contributed by atoms with van der Waals surface area (Å²) in [4.78, 5) is 40.5. The summed E-state index contributed by atoms with van der Waals surface area (Å²) in [6, 6.07) is 15.7. The van der Waals surface area contributed by atoms with Crippen molar-refractivity contribution >= 4 is 34.1 Å². The average molecular weight is 395 g/mol. The van der Waals surface area contributed by atoms with Crippen LogP contribution in [0, 0.1) is 0 Å². The average Bonchev–Trinajstić information content (AvgIpc) is 3.11. The number of aromatic nitrogens is 1. The van der Waals surface area contributed by atoms with E-state index in [0.717, 1.165) is 16.9 Å². The molecule has 0 aliphatic heterocycles. The number of rotatable bonds is 7. The van der Waals surface area contributed by atoms with E-state index >= 15 is 0 Å². The molecule has 0 saturated heterocycles. The Kier molecular flexibility index (Phi) is 5.81. The Morgan fingerprint density at radius 3 is 2.43 bits per heavy atom. The SMILES string of the molecule is CC(=O)c1sc(NC(=O)c2ccccc2OCC(N)=O)nc1-c1ccccc1. The molecule has 0 radical (unpaired) electrons. The minimum absolute atomic E-state index is 0.137. The van der Waals surface area contributed by atoms with Crippen molar-refractivity contribution in [2.45, 2.75) is 6.92 Å². The highest BCUT2D eigenvalue weighted by atomic mass is 32.1. The molecule has 0 saturated carbocycles. The molecular weight excluding hydrogens is 378 g/mol. The molecule has 1 heterocycles. The number of thiazole rings is 1. The number of anilines is 1. The van der Waals surface area contributed by atoms with Crippen LogP contribution in [0.5, 0.6) is 5.75 Å². The van der Waals surface area contributed by atoms with Gasteiger partial charge in [-0.3, -0.25) is 19.7 Å². The van der Waals surface area contributed by atoms with Crippen LogP contribution in [0.15, 0.2) is 54.6 Å². The summed E-state index contributed by atoms with van der Waals surface area (Å²) in [7, 11) is 0. The molecule has 142 valence electrons. The summed E-state index contributed by atoms with van der Waals surface area (Å²) in [5, 5.41) is 2.98. The molecule has 2 aromatic carbocycles. The number of carbonyl (C=O) groups excluding carboxylic acids is 3. The Balaban J connectivity index is 1.88. The first-order valence-corrected chi connectivity index (χ1v) is 9.16. The number of ether oxygens (including phenoxy) is 1. The van der Waals surface area contributed by atoms with Gasteiger partial charge in [-0.1, -0.05) is 53.8 Å². The highest BCUT2D eigenvalue weighted by molar-refractivity contribution is 7.18. The maximum atomic E-state index is 12.7. The number of para-hydroxylation sites is 1. The monoisotopic (exact) mass is 395 g/mol. The zero-order valence-corrected chi connectivity index (χ0v) is 15.8. The van der Waals surface area contributed by atoms with Gasteiger partial charge in [0.2, 0.25) is 0 Å². The molecule has 0 bridgehead atoms. The van der Waals surface area contributed by atoms with Crippen molar-refractivity contribution in [1.82, 2.24) is 4.98 Å². The van der Waals surface area contributed by atoms with Gasteiger partial charge in [-0.2, -0.15) is 0 Å². The van der Waals surface area contributed by atoms with Crippen LogP contribution in [0.2, 0.25) is 0 Å². The van der Waals surface area contributed by atoms with Gasteiger partial charge in [-0.15, -0.1) is 0 Å². The van der Waals surface area contributed by atoms with E-state index in [1.807, 2.05) is 30.3 Å². The van der Waals surface area contributed by atoms with Crippen molar-refractivity contribution in [3.8, 4) is 17.0 Å². The third-order valence-electron chi connectivity index (χ3n) is 3.72. The van der Waals surface area contributed by atoms with Gasteiger partial charge in [0.1, 0.15) is 5.75 Å². The molecule has 0 atom stereocenters. The molecule has 0 fully saturated rings. The molecule has 0 aliphatic carbocycles. The van der Waals surface area contributed by atoms with Gasteiger partial charge in [0, 0.05) is 12.5 Å². The number of hydrogen-bond acceptors (Lipinski definition) is 6. The Morgan fingerprint density at radius 2 is 1.75 bits per heavy atom. The largest absolute Gasteiger partial charge is 0.483 e. The second-order valence-electron chi connectivity index (χ2n) is 5.82. The first-order valence-electron chi connectivity index (χ1n) is 8.34. The molecular formula is C20H17N3O4S. The second kappa shape index (κ2) is 8.45. The van der Waals surface area contributed by atoms with Crippen molar-refractivity contribution in [2.24, 2.45) is 5.73 Å². The minimum atomic E-state index is -0.645. The second-order valence-corrected chi connectivity index (χ2v) is 6.82. The van der Waals surface area contributed by atoms with Gasteiger partial charge in [0.15, 0.2) is 17.5 Å². The lowest BCUT2D eigenvalue weighted by molar-refractivity contribution is -0.119. The summed E-state index contributed by atoms with van der Waals surface area (Å²) in [6.45, 7) is 1.12. The quantitative estimate of drug-likeness (QED) is 0.597. The number of ketones is 1. The van der Waals surface area contributed by atoms with Gasteiger partial charge in [0.25, 0.3) is 11.8 Å². The van der Waals surface area contributed by atoms with E-state index in [2.05, 4.69) is 10.3 Å². The Labute approximate surface area is 165 Å². The standard InChI is InChI=1S/C20H17N3O4S/c1-12(24)18-17(13-7-3-2-4-8-13)22-20(28-18)23-19(26)14-9-5-6-10-15(14)27-11-16(21)25/h2-10H,11H2,1H3,(H2,21,25)(H,22,23,26). The number of primary amides is 1. The minimum Gasteiger partial charge on any atom is -0.483 e. The number of amides is 2. The van der Waals surface area contributed by atoms with E-state index in [-0.39, 0.29) is 23.7 Å². The lowest BCUT2D eigenvalue weighted by Crippen LogP contribution is -2.21. The van der Waals surface area contributed by atoms with Crippen molar-refractivity contribution in [1.29, 1.82) is 0 Å². The zero-order valence-electron chi connectivity index (χ0n) is 15.0. The summed E-state index contributed by atoms with van der Waals surface area (Å²) in [6.07, 6.45) is 0. The molecule has 3 rings (SSSR count). The number of nitrogens with one attached hydrogen (secondary N) is 1. The summed E-state index contributed by atoms with van der Waals surface area (Å²) in [5.74, 6) is -1.02. The molecule has 28 heavy (non-hydrogen) atoms. The van der Waals surface area contributed by atoms with Crippen LogP contribution < -0.4 is 15.8 Å². The number of carbonyl (C=O) groups is 3. The van der Waals surface area contributed by atoms with Gasteiger partial charge in [-0.05, 0) is 12.1 Å². The lowest BCUT2D eigenvalue weighted by atomic mass is 10.1. The van der Waals surface area contributed by atoms with Crippen molar-refractivity contribution in [2.75, 3.05) is 11.9 Å². The molecule has 7 nitrogen and oxygen atoms in total. The van der Waals surface area contributed by atoms with Gasteiger partial charge in [0.05, 0.1) is 16.1 Å². The molecule has 8 heteroatoms. The van der Waals surface area contributed by atoms with E-state index in [9.17, 15) is 14.4 Å². The predicted octanol–water partition coefficient (Wildman–Crippen LogP) is 3.13. The van der Waals surface area contributed by atoms with Crippen molar-refractivity contribution in [3.05, 3.63) is 65.0 Å². The molecule has 0 spiro atoms. The summed E-state index contributed by atoms with van der Waals surface area (Å²) < 4.78 is 5.29. The van der Waals surface area contributed by atoms with E-state index < -0.39 is 11.8 Å². The molecule has 2 amide bonds. The first kappa shape index (κ1) is 19.2. The van der Waals surface area contributed by atoms with Crippen LogP contribution in [0.4, 0.5) is 5.13 Å². The molecule has 0 aliphatic rings. The zero-order chi connectivity index (χ0) is 20.1. The highest BCUT2D eigenvalue weighted by Crippen LogP contribution is 2.32. The fourth-order valence-electron chi connectivity index (χ4n) is 2.50. The highest BCUT2D eigenvalue weighted by Gasteiger charge is 2.19. The Bertz CT molecular complexity index is 1030. The fourth-order valence-corrected chi connectivity index (χ4v) is 3.38. The molecule has 0 unspecified atom stereocenters. The van der Waals surface area contributed by atoms with E-state index in [1.165, 1.54) is 6.92 Å². The fraction of sp³-hybridized carbons (Fsp3) is 0.100. The van der Waals surface area contributed by atoms with Gasteiger partial charge in [-0.25, -0.2) is 4.98 Å². The lowest BCUT2D eigenvalue weighted by Gasteiger charge is -2.09. The van der Waals surface area contributed by atoms with E-state index in [1.54, 1.807) is 24.3 Å². The number of benzene rings is 2. The van der Waals surface area contributed by atoms with Crippen LogP contribution in [0.25, 0.3) is 11.3 Å². The third kappa shape index (κ3) is 4.41. The normalized spacial score (nSPS) is 10.3. The summed E-state index contributed by atoms with van der Waals surface area (Å²) in [5.41, 5.74) is 6.62. The first-order chi connectivity index (χ1) is 13.5. The van der Waals surface area contributed by atoms with Gasteiger partial charge >= 0.3 is 0 Å². The van der Waals surface area contributed by atoms with Crippen LogP contribution in [-0.2, 0) is 4.79 Å². The maximum absolute atomic E-state index is 12.7. The number of nitrogens with zero attached hydrogens (tertiary/aromatic N) is 1. The molecule has 3 aromatic rings. The maximum Gasteiger partial charge on any atom is 0.261 e. The topological polar surface area (TPSA) is 111 Å². The number of Topliss-reactive ketones (excluding diaryl/α,β-unsaturated/α-hetero) is 1. The smallest absolute Gasteiger partial charge is 0.261 e. The van der Waals surface area contributed by atoms with E-state index in [4.69, 9.17) is 10.5 Å². The van der Waals surface area contributed by atoms with Crippen LogP contribution in [0.3, 0.4) is 0 Å². The van der Waals surface area contributed by atoms with Crippen LogP contribution in [-0.4, -0.2) is 29.2 Å². The number of nitrogens with two attached hydrogens (primary N) is 1. The number of hydrogen-bond donors (Lipinski definition) is 2. The third-order valence-corrected chi connectivity index (χ3v) is 4.79. The Hall–Kier alpha value is -3.52. The van der Waals surface area contributed by atoms with E-state index in [0.29, 0.717) is 15.7 Å². The van der Waals surface area contributed by atoms with Crippen molar-refractivity contribution in [3.63, 3.8) is 0 Å². The van der Waals surface area contributed by atoms with Crippen molar-refractivity contribution < 1.29 is 19.1 Å². The molecule has 3 N–H and O–H groups in total. The Morgan fingerprint density at radius 1 is 1.07 bits per heavy atom. The van der Waals surface area contributed by atoms with Gasteiger partial charge < -0.3 is 10.5 Å². The predicted molar refractivity (Wildman–Crippen MR) is 107 cm³/mol. The van der Waals surface area contributed by atoms with Crippen LogP contribution >= 0.6 is 11.3 Å². The molecule has 1 aromatic heterocycles.